The van der Waals surface area contributed by atoms with Gasteiger partial charge < -0.3 is 15.2 Å². The highest BCUT2D eigenvalue weighted by Gasteiger charge is 2.11. The molecule has 0 bridgehead atoms. The molecule has 0 amide bonds. The number of aliphatic hydroxyl groups excluding tert-OH is 1. The zero-order valence-electron chi connectivity index (χ0n) is 12.7. The molecule has 0 heterocycles. The van der Waals surface area contributed by atoms with Gasteiger partial charge in [0.15, 0.2) is 11.6 Å². The summed E-state index contributed by atoms with van der Waals surface area (Å²) in [5, 5.41) is 19.8. The van der Waals surface area contributed by atoms with Crippen molar-refractivity contribution in [2.45, 2.75) is 13.2 Å². The molecule has 0 spiro atoms. The van der Waals surface area contributed by atoms with Crippen LogP contribution in [-0.4, -0.2) is 18.3 Å². The lowest BCUT2D eigenvalue weighted by Gasteiger charge is -2.11. The minimum Gasteiger partial charge on any atom is -0.394 e. The Morgan fingerprint density at radius 1 is 1.08 bits per heavy atom. The molecule has 2 N–H and O–H groups in total. The predicted octanol–water partition coefficient (Wildman–Crippen LogP) is 3.10. The lowest BCUT2D eigenvalue weighted by molar-refractivity contribution is 0.0799. The van der Waals surface area contributed by atoms with E-state index in [9.17, 15) is 13.2 Å². The molecule has 0 saturated carbocycles. The molecule has 0 saturated heterocycles. The molecule has 126 valence electrons. The Morgan fingerprint density at radius 3 is 2.38 bits per heavy atom. The van der Waals surface area contributed by atoms with Gasteiger partial charge in [0.05, 0.1) is 31.5 Å². The van der Waals surface area contributed by atoms with E-state index in [0.717, 1.165) is 12.1 Å². The quantitative estimate of drug-likeness (QED) is 0.763. The van der Waals surface area contributed by atoms with E-state index in [1.54, 1.807) is 12.1 Å². The molecule has 0 fully saturated rings. The summed E-state index contributed by atoms with van der Waals surface area (Å²) in [6.07, 6.45) is 0. The molecule has 0 aromatic heterocycles. The van der Waals surface area contributed by atoms with Crippen LogP contribution in [0, 0.1) is 28.8 Å². The van der Waals surface area contributed by atoms with Crippen molar-refractivity contribution in [3.8, 4) is 6.07 Å². The van der Waals surface area contributed by atoms with Gasteiger partial charge in [-0.25, -0.2) is 13.2 Å². The van der Waals surface area contributed by atoms with E-state index in [1.807, 2.05) is 0 Å². The lowest BCUT2D eigenvalue weighted by atomic mass is 10.1. The van der Waals surface area contributed by atoms with Crippen LogP contribution in [0.4, 0.5) is 18.9 Å². The van der Waals surface area contributed by atoms with Gasteiger partial charge in [0.1, 0.15) is 11.5 Å². The first-order valence-electron chi connectivity index (χ1n) is 7.14. The van der Waals surface area contributed by atoms with Gasteiger partial charge in [-0.1, -0.05) is 12.1 Å². The maximum absolute atomic E-state index is 13.9. The van der Waals surface area contributed by atoms with Crippen LogP contribution < -0.4 is 5.32 Å². The summed E-state index contributed by atoms with van der Waals surface area (Å²) >= 11 is 0. The number of hydrogen-bond acceptors (Lipinski definition) is 4. The summed E-state index contributed by atoms with van der Waals surface area (Å²) in [6.45, 7) is -0.00124. The summed E-state index contributed by atoms with van der Waals surface area (Å²) in [4.78, 5) is 0. The monoisotopic (exact) mass is 336 g/mol. The second-order valence-electron chi connectivity index (χ2n) is 4.98. The molecular weight excluding hydrogens is 321 g/mol. The molecule has 2 aromatic rings. The number of anilines is 1. The Kier molecular flexibility index (Phi) is 6.18. The highest BCUT2D eigenvalue weighted by atomic mass is 19.1. The molecule has 24 heavy (non-hydrogen) atoms. The number of aliphatic hydroxyl groups is 1. The second kappa shape index (κ2) is 8.34. The Balaban J connectivity index is 2.05. The summed E-state index contributed by atoms with van der Waals surface area (Å²) in [6, 6.07) is 7.86. The van der Waals surface area contributed by atoms with Crippen molar-refractivity contribution in [3.63, 3.8) is 0 Å². The Labute approximate surface area is 137 Å². The molecule has 0 aliphatic carbocycles. The van der Waals surface area contributed by atoms with E-state index in [-0.39, 0.29) is 37.6 Å². The fourth-order valence-electron chi connectivity index (χ4n) is 2.06. The van der Waals surface area contributed by atoms with Gasteiger partial charge >= 0.3 is 0 Å². The van der Waals surface area contributed by atoms with Crippen molar-refractivity contribution >= 4 is 5.69 Å². The van der Waals surface area contributed by atoms with E-state index in [2.05, 4.69) is 5.32 Å². The molecule has 0 atom stereocenters. The van der Waals surface area contributed by atoms with Gasteiger partial charge in [-0.15, -0.1) is 0 Å². The topological polar surface area (TPSA) is 65.3 Å². The van der Waals surface area contributed by atoms with Crippen LogP contribution in [-0.2, 0) is 17.9 Å². The average Bonchev–Trinajstić information content (AvgIpc) is 2.56. The standard InChI is InChI=1S/C17H15F3N2O2/c18-14-5-11(1-2-13(14)10-24-4-3-23)9-22-17-15(19)6-12(8-21)7-16(17)20/h1-2,5-7,22-23H,3-4,9-10H2. The van der Waals surface area contributed by atoms with Gasteiger partial charge in [0.25, 0.3) is 0 Å². The zero-order valence-corrected chi connectivity index (χ0v) is 12.7. The van der Waals surface area contributed by atoms with Crippen LogP contribution in [0.15, 0.2) is 30.3 Å². The molecule has 2 rings (SSSR count). The smallest absolute Gasteiger partial charge is 0.150 e. The predicted molar refractivity (Wildman–Crippen MR) is 81.5 cm³/mol. The fourth-order valence-corrected chi connectivity index (χ4v) is 2.06. The zero-order chi connectivity index (χ0) is 17.5. The van der Waals surface area contributed by atoms with Gasteiger partial charge in [0, 0.05) is 12.1 Å². The van der Waals surface area contributed by atoms with Crippen molar-refractivity contribution in [1.82, 2.24) is 0 Å². The summed E-state index contributed by atoms with van der Waals surface area (Å²) < 4.78 is 46.5. The van der Waals surface area contributed by atoms with Crippen LogP contribution in [0.5, 0.6) is 0 Å². The van der Waals surface area contributed by atoms with Crippen molar-refractivity contribution in [3.05, 3.63) is 64.5 Å². The first kappa shape index (κ1) is 17.8. The molecule has 0 aliphatic heterocycles. The highest BCUT2D eigenvalue weighted by Crippen LogP contribution is 2.21. The van der Waals surface area contributed by atoms with Crippen LogP contribution in [0.2, 0.25) is 0 Å². The first-order chi connectivity index (χ1) is 11.5. The molecule has 7 heteroatoms. The maximum atomic E-state index is 13.9. The second-order valence-corrected chi connectivity index (χ2v) is 4.98. The van der Waals surface area contributed by atoms with E-state index < -0.39 is 17.5 Å². The van der Waals surface area contributed by atoms with Crippen molar-refractivity contribution < 1.29 is 23.0 Å². The average molecular weight is 336 g/mol. The largest absolute Gasteiger partial charge is 0.394 e. The third-order valence-electron chi connectivity index (χ3n) is 3.25. The summed E-state index contributed by atoms with van der Waals surface area (Å²) in [7, 11) is 0. The van der Waals surface area contributed by atoms with Crippen molar-refractivity contribution in [2.75, 3.05) is 18.5 Å². The SMILES string of the molecule is N#Cc1cc(F)c(NCc2ccc(COCCO)c(F)c2)c(F)c1. The molecule has 0 unspecified atom stereocenters. The van der Waals surface area contributed by atoms with Crippen LogP contribution >= 0.6 is 0 Å². The number of halogens is 3. The van der Waals surface area contributed by atoms with E-state index in [0.29, 0.717) is 11.1 Å². The number of nitriles is 1. The van der Waals surface area contributed by atoms with E-state index >= 15 is 0 Å². The number of nitrogens with zero attached hydrogens (tertiary/aromatic N) is 1. The molecule has 4 nitrogen and oxygen atoms in total. The summed E-state index contributed by atoms with van der Waals surface area (Å²) in [5.41, 5.74) is 0.322. The Bertz CT molecular complexity index is 737. The van der Waals surface area contributed by atoms with Gasteiger partial charge in [-0.2, -0.15) is 5.26 Å². The Hall–Kier alpha value is -2.56. The van der Waals surface area contributed by atoms with Crippen LogP contribution in [0.25, 0.3) is 0 Å². The van der Waals surface area contributed by atoms with Crippen molar-refractivity contribution in [2.24, 2.45) is 0 Å². The minimum atomic E-state index is -0.888. The number of hydrogen-bond donors (Lipinski definition) is 2. The van der Waals surface area contributed by atoms with Crippen LogP contribution in [0.3, 0.4) is 0 Å². The minimum absolute atomic E-state index is 0.00837. The third-order valence-corrected chi connectivity index (χ3v) is 3.25. The number of benzene rings is 2. The highest BCUT2D eigenvalue weighted by molar-refractivity contribution is 5.50. The molecular formula is C17H15F3N2O2. The maximum Gasteiger partial charge on any atom is 0.150 e. The fraction of sp³-hybridized carbons (Fsp3) is 0.235. The van der Waals surface area contributed by atoms with Gasteiger partial charge in [-0.05, 0) is 23.8 Å². The summed E-state index contributed by atoms with van der Waals surface area (Å²) in [5.74, 6) is -2.28. The van der Waals surface area contributed by atoms with E-state index in [1.165, 1.54) is 12.1 Å². The van der Waals surface area contributed by atoms with Crippen molar-refractivity contribution in [1.29, 1.82) is 5.26 Å². The molecule has 2 aromatic carbocycles. The van der Waals surface area contributed by atoms with Gasteiger partial charge in [-0.3, -0.25) is 0 Å². The lowest BCUT2D eigenvalue weighted by Crippen LogP contribution is -2.06. The third kappa shape index (κ3) is 4.47. The van der Waals surface area contributed by atoms with Crippen LogP contribution in [0.1, 0.15) is 16.7 Å². The van der Waals surface area contributed by atoms with Gasteiger partial charge in [0.2, 0.25) is 0 Å². The Morgan fingerprint density at radius 2 is 1.79 bits per heavy atom. The number of rotatable bonds is 7. The number of ether oxygens (including phenoxy) is 1. The molecule has 0 radical (unpaired) electrons. The number of nitrogens with one attached hydrogen (secondary N) is 1. The molecule has 0 aliphatic rings. The first-order valence-corrected chi connectivity index (χ1v) is 7.14. The van der Waals surface area contributed by atoms with E-state index in [4.69, 9.17) is 15.1 Å². The normalized spacial score (nSPS) is 10.5.